The summed E-state index contributed by atoms with van der Waals surface area (Å²) in [5.41, 5.74) is -0.149. The summed E-state index contributed by atoms with van der Waals surface area (Å²) < 4.78 is 5.31. The maximum absolute atomic E-state index is 11.6. The minimum absolute atomic E-state index is 0.0458. The Hall–Kier alpha value is -1.75. The molecule has 0 atom stereocenters. The third-order valence-corrected chi connectivity index (χ3v) is 3.23. The number of nitrogens with one attached hydrogen (secondary N) is 1. The van der Waals surface area contributed by atoms with Crippen LogP contribution in [0.25, 0.3) is 0 Å². The van der Waals surface area contributed by atoms with Crippen LogP contribution in [0, 0.1) is 12.3 Å². The van der Waals surface area contributed by atoms with Gasteiger partial charge in [0, 0.05) is 11.6 Å². The smallest absolute Gasteiger partial charge is 0.310 e. The molecule has 0 bridgehead atoms. The van der Waals surface area contributed by atoms with Crippen LogP contribution in [-0.4, -0.2) is 30.1 Å². The summed E-state index contributed by atoms with van der Waals surface area (Å²) in [5.74, 6) is -0.793. The van der Waals surface area contributed by atoms with Crippen LogP contribution in [0.4, 0.5) is 0 Å². The molecule has 0 spiro atoms. The molecule has 0 fully saturated rings. The zero-order valence-corrected chi connectivity index (χ0v) is 12.5. The second-order valence-corrected chi connectivity index (χ2v) is 5.57. The standard InChI is InChI=1S/C14H18ClNO4/c1-9-6-10(4-5-11(9)15)20-7-12(17)16-8-14(2,3)13(18)19/h4-6H,7-8H2,1-3H3,(H,16,17)(H,18,19). The quantitative estimate of drug-likeness (QED) is 0.845. The second-order valence-electron chi connectivity index (χ2n) is 5.17. The third-order valence-electron chi connectivity index (χ3n) is 2.81. The van der Waals surface area contributed by atoms with Crippen LogP contribution in [-0.2, 0) is 9.59 Å². The number of amides is 1. The predicted molar refractivity (Wildman–Crippen MR) is 76.1 cm³/mol. The van der Waals surface area contributed by atoms with Gasteiger partial charge in [-0.2, -0.15) is 0 Å². The zero-order valence-electron chi connectivity index (χ0n) is 11.7. The summed E-state index contributed by atoms with van der Waals surface area (Å²) in [6, 6.07) is 5.10. The number of hydrogen-bond donors (Lipinski definition) is 2. The molecule has 110 valence electrons. The number of aliphatic carboxylic acids is 1. The lowest BCUT2D eigenvalue weighted by Gasteiger charge is -2.19. The number of carboxylic acid groups (broad SMARTS) is 1. The topological polar surface area (TPSA) is 75.6 Å². The first kappa shape index (κ1) is 16.3. The van der Waals surface area contributed by atoms with Crippen molar-refractivity contribution in [1.29, 1.82) is 0 Å². The predicted octanol–water partition coefficient (Wildman–Crippen LogP) is 2.25. The number of aryl methyl sites for hydroxylation is 1. The molecule has 0 aliphatic rings. The number of halogens is 1. The molecule has 1 rings (SSSR count). The second kappa shape index (κ2) is 6.61. The van der Waals surface area contributed by atoms with E-state index in [2.05, 4.69) is 5.32 Å². The minimum atomic E-state index is -1.01. The number of carbonyl (C=O) groups is 2. The molecular formula is C14H18ClNO4. The van der Waals surface area contributed by atoms with Crippen LogP contribution < -0.4 is 10.1 Å². The molecule has 0 saturated heterocycles. The van der Waals surface area contributed by atoms with Crippen molar-refractivity contribution in [3.8, 4) is 5.75 Å². The SMILES string of the molecule is Cc1cc(OCC(=O)NCC(C)(C)C(=O)O)ccc1Cl. The Morgan fingerprint density at radius 3 is 2.60 bits per heavy atom. The Morgan fingerprint density at radius 1 is 1.40 bits per heavy atom. The minimum Gasteiger partial charge on any atom is -0.484 e. The Kier molecular flexibility index (Phi) is 5.39. The lowest BCUT2D eigenvalue weighted by molar-refractivity contribution is -0.146. The highest BCUT2D eigenvalue weighted by molar-refractivity contribution is 6.31. The molecule has 20 heavy (non-hydrogen) atoms. The van der Waals surface area contributed by atoms with E-state index in [1.54, 1.807) is 32.0 Å². The van der Waals surface area contributed by atoms with Gasteiger partial charge in [0.25, 0.3) is 5.91 Å². The summed E-state index contributed by atoms with van der Waals surface area (Å²) in [4.78, 5) is 22.5. The van der Waals surface area contributed by atoms with Crippen LogP contribution >= 0.6 is 11.6 Å². The van der Waals surface area contributed by atoms with Gasteiger partial charge in [-0.15, -0.1) is 0 Å². The van der Waals surface area contributed by atoms with Crippen molar-refractivity contribution in [1.82, 2.24) is 5.32 Å². The fraction of sp³-hybridized carbons (Fsp3) is 0.429. The van der Waals surface area contributed by atoms with Crippen LogP contribution in [0.3, 0.4) is 0 Å². The largest absolute Gasteiger partial charge is 0.484 e. The van der Waals surface area contributed by atoms with E-state index in [0.29, 0.717) is 10.8 Å². The fourth-order valence-electron chi connectivity index (χ4n) is 1.30. The van der Waals surface area contributed by atoms with Crippen LogP contribution in [0.15, 0.2) is 18.2 Å². The van der Waals surface area contributed by atoms with Gasteiger partial charge in [-0.25, -0.2) is 0 Å². The van der Waals surface area contributed by atoms with Crippen LogP contribution in [0.5, 0.6) is 5.75 Å². The van der Waals surface area contributed by atoms with Gasteiger partial charge in [0.2, 0.25) is 0 Å². The van der Waals surface area contributed by atoms with Gasteiger partial charge in [-0.05, 0) is 44.5 Å². The van der Waals surface area contributed by atoms with Crippen LogP contribution in [0.2, 0.25) is 5.02 Å². The van der Waals surface area contributed by atoms with Crippen molar-refractivity contribution in [2.75, 3.05) is 13.2 Å². The molecule has 5 nitrogen and oxygen atoms in total. The van der Waals surface area contributed by atoms with Crippen molar-refractivity contribution in [3.05, 3.63) is 28.8 Å². The molecule has 0 aromatic heterocycles. The van der Waals surface area contributed by atoms with E-state index in [4.69, 9.17) is 21.4 Å². The average Bonchev–Trinajstić information content (AvgIpc) is 2.37. The van der Waals surface area contributed by atoms with Gasteiger partial charge >= 0.3 is 5.97 Å². The van der Waals surface area contributed by atoms with Crippen molar-refractivity contribution in [2.24, 2.45) is 5.41 Å². The number of benzene rings is 1. The molecule has 1 amide bonds. The highest BCUT2D eigenvalue weighted by Gasteiger charge is 2.27. The third kappa shape index (κ3) is 4.74. The molecule has 0 heterocycles. The Balaban J connectivity index is 2.44. The van der Waals surface area contributed by atoms with E-state index in [-0.39, 0.29) is 19.1 Å². The Labute approximate surface area is 122 Å². The molecule has 0 unspecified atom stereocenters. The van der Waals surface area contributed by atoms with Gasteiger partial charge in [0.1, 0.15) is 5.75 Å². The molecule has 0 aliphatic carbocycles. The highest BCUT2D eigenvalue weighted by atomic mass is 35.5. The Morgan fingerprint density at radius 2 is 2.05 bits per heavy atom. The summed E-state index contributed by atoms with van der Waals surface area (Å²) in [5, 5.41) is 12.1. The number of ether oxygens (including phenoxy) is 1. The summed E-state index contributed by atoms with van der Waals surface area (Å²) in [7, 11) is 0. The maximum atomic E-state index is 11.6. The van der Waals surface area contributed by atoms with E-state index in [9.17, 15) is 9.59 Å². The summed E-state index contributed by atoms with van der Waals surface area (Å²) in [6.45, 7) is 4.80. The molecule has 0 radical (unpaired) electrons. The first-order chi connectivity index (χ1) is 9.22. The van der Waals surface area contributed by atoms with Crippen molar-refractivity contribution in [2.45, 2.75) is 20.8 Å². The van der Waals surface area contributed by atoms with Crippen molar-refractivity contribution in [3.63, 3.8) is 0 Å². The molecule has 1 aromatic carbocycles. The summed E-state index contributed by atoms with van der Waals surface area (Å²) in [6.07, 6.45) is 0. The van der Waals surface area contributed by atoms with Crippen molar-refractivity contribution < 1.29 is 19.4 Å². The first-order valence-corrected chi connectivity index (χ1v) is 6.49. The number of carboxylic acids is 1. The molecular weight excluding hydrogens is 282 g/mol. The number of hydrogen-bond acceptors (Lipinski definition) is 3. The maximum Gasteiger partial charge on any atom is 0.310 e. The molecule has 0 saturated carbocycles. The fourth-order valence-corrected chi connectivity index (χ4v) is 1.42. The number of carbonyl (C=O) groups excluding carboxylic acids is 1. The van der Waals surface area contributed by atoms with Gasteiger partial charge in [-0.1, -0.05) is 11.6 Å². The van der Waals surface area contributed by atoms with Gasteiger partial charge in [-0.3, -0.25) is 9.59 Å². The number of rotatable bonds is 6. The Bertz CT molecular complexity index is 514. The molecule has 1 aromatic rings. The zero-order chi connectivity index (χ0) is 15.3. The molecule has 0 aliphatic heterocycles. The van der Waals surface area contributed by atoms with E-state index < -0.39 is 11.4 Å². The van der Waals surface area contributed by atoms with Crippen molar-refractivity contribution >= 4 is 23.5 Å². The van der Waals surface area contributed by atoms with E-state index in [1.165, 1.54) is 0 Å². The van der Waals surface area contributed by atoms with E-state index in [1.807, 2.05) is 6.92 Å². The summed E-state index contributed by atoms with van der Waals surface area (Å²) >= 11 is 5.88. The molecule has 2 N–H and O–H groups in total. The first-order valence-electron chi connectivity index (χ1n) is 6.11. The monoisotopic (exact) mass is 299 g/mol. The average molecular weight is 300 g/mol. The van der Waals surface area contributed by atoms with E-state index in [0.717, 1.165) is 5.56 Å². The lowest BCUT2D eigenvalue weighted by atomic mass is 9.94. The van der Waals surface area contributed by atoms with Crippen LogP contribution in [0.1, 0.15) is 19.4 Å². The van der Waals surface area contributed by atoms with Gasteiger partial charge < -0.3 is 15.2 Å². The highest BCUT2D eigenvalue weighted by Crippen LogP contribution is 2.20. The normalized spacial score (nSPS) is 11.0. The lowest BCUT2D eigenvalue weighted by Crippen LogP contribution is -2.40. The van der Waals surface area contributed by atoms with Gasteiger partial charge in [0.15, 0.2) is 6.61 Å². The van der Waals surface area contributed by atoms with Gasteiger partial charge in [0.05, 0.1) is 5.41 Å². The molecule has 6 heteroatoms. The van der Waals surface area contributed by atoms with E-state index >= 15 is 0 Å².